The molecule has 0 radical (unpaired) electrons. The lowest BCUT2D eigenvalue weighted by atomic mass is 9.87. The monoisotopic (exact) mass is 398 g/mol. The van der Waals surface area contributed by atoms with E-state index in [4.69, 9.17) is 23.2 Å². The van der Waals surface area contributed by atoms with Crippen LogP contribution in [0.25, 0.3) is 0 Å². The number of benzene rings is 1. The molecule has 0 saturated heterocycles. The molecule has 1 aromatic carbocycles. The van der Waals surface area contributed by atoms with E-state index >= 15 is 0 Å². The van der Waals surface area contributed by atoms with E-state index in [1.165, 1.54) is 10.6 Å². The van der Waals surface area contributed by atoms with Gasteiger partial charge in [0.05, 0.1) is 6.20 Å². The van der Waals surface area contributed by atoms with Gasteiger partial charge in [-0.15, -0.1) is 11.8 Å². The average molecular weight is 399 g/mol. The van der Waals surface area contributed by atoms with Crippen LogP contribution in [0.5, 0.6) is 0 Å². The van der Waals surface area contributed by atoms with Crippen molar-refractivity contribution in [1.29, 1.82) is 0 Å². The van der Waals surface area contributed by atoms with Crippen LogP contribution in [0, 0.1) is 5.41 Å². The molecule has 2 aromatic rings. The Kier molecular flexibility index (Phi) is 5.60. The molecular formula is C18H20Cl2N2S2. The molecule has 0 amide bonds. The summed E-state index contributed by atoms with van der Waals surface area (Å²) in [5.41, 5.74) is 1.47. The molecule has 1 aromatic heterocycles. The van der Waals surface area contributed by atoms with Crippen LogP contribution in [0.3, 0.4) is 0 Å². The maximum Gasteiger partial charge on any atom is 0.102 e. The number of hydrogen-bond acceptors (Lipinski definition) is 3. The minimum atomic E-state index is 0.191. The number of halogens is 2. The van der Waals surface area contributed by atoms with Crippen molar-refractivity contribution >= 4 is 46.7 Å². The first-order chi connectivity index (χ1) is 11.4. The number of nitrogens with zero attached hydrogens (tertiary/aromatic N) is 2. The summed E-state index contributed by atoms with van der Waals surface area (Å²) in [7, 11) is 0. The zero-order chi connectivity index (χ0) is 17.3. The molecular weight excluding hydrogens is 379 g/mol. The van der Waals surface area contributed by atoms with Crippen molar-refractivity contribution in [2.45, 2.75) is 43.2 Å². The maximum absolute atomic E-state index is 6.16. The van der Waals surface area contributed by atoms with Gasteiger partial charge in [-0.1, -0.05) is 48.0 Å². The van der Waals surface area contributed by atoms with Gasteiger partial charge in [-0.3, -0.25) is 4.68 Å². The smallest absolute Gasteiger partial charge is 0.102 e. The summed E-state index contributed by atoms with van der Waals surface area (Å²) in [6.07, 6.45) is 5.31. The molecule has 0 aliphatic carbocycles. The topological polar surface area (TPSA) is 17.8 Å². The van der Waals surface area contributed by atoms with Crippen molar-refractivity contribution in [1.82, 2.24) is 9.78 Å². The van der Waals surface area contributed by atoms with Gasteiger partial charge in [0.25, 0.3) is 0 Å². The first-order valence-electron chi connectivity index (χ1n) is 7.86. The van der Waals surface area contributed by atoms with Gasteiger partial charge in [0.2, 0.25) is 0 Å². The van der Waals surface area contributed by atoms with E-state index in [1.807, 2.05) is 30.1 Å². The highest BCUT2D eigenvalue weighted by molar-refractivity contribution is 8.02. The first kappa shape index (κ1) is 18.2. The van der Waals surface area contributed by atoms with E-state index in [0.717, 1.165) is 17.1 Å². The molecule has 1 aliphatic rings. The lowest BCUT2D eigenvalue weighted by molar-refractivity contribution is 0.471. The second kappa shape index (κ2) is 7.36. The average Bonchev–Trinajstić information content (AvgIpc) is 3.06. The van der Waals surface area contributed by atoms with Crippen LogP contribution in [0.2, 0.25) is 10.0 Å². The van der Waals surface area contributed by atoms with Gasteiger partial charge in [0, 0.05) is 32.3 Å². The highest BCUT2D eigenvalue weighted by Gasteiger charge is 2.28. The molecule has 24 heavy (non-hydrogen) atoms. The van der Waals surface area contributed by atoms with Crippen LogP contribution in [-0.2, 0) is 6.42 Å². The van der Waals surface area contributed by atoms with Gasteiger partial charge >= 0.3 is 0 Å². The molecule has 1 aliphatic heterocycles. The molecule has 1 unspecified atom stereocenters. The van der Waals surface area contributed by atoms with Crippen molar-refractivity contribution < 1.29 is 0 Å². The fourth-order valence-corrected chi connectivity index (χ4v) is 5.69. The number of hydrogen-bond donors (Lipinski definition) is 0. The second-order valence-electron chi connectivity index (χ2n) is 6.67. The Morgan fingerprint density at radius 2 is 2.00 bits per heavy atom. The number of rotatable bonds is 5. The summed E-state index contributed by atoms with van der Waals surface area (Å²) in [5, 5.41) is 9.32. The Labute approximate surface area is 162 Å². The van der Waals surface area contributed by atoms with Gasteiger partial charge in [-0.25, -0.2) is 0 Å². The molecule has 0 N–H and O–H groups in total. The number of allylic oxidation sites excluding steroid dienone is 1. The minimum absolute atomic E-state index is 0.191. The van der Waals surface area contributed by atoms with Gasteiger partial charge < -0.3 is 0 Å². The summed E-state index contributed by atoms with van der Waals surface area (Å²) < 4.78 is 2.09. The quantitative estimate of drug-likeness (QED) is 0.555. The first-order valence-corrected chi connectivity index (χ1v) is 10.5. The predicted molar refractivity (Wildman–Crippen MR) is 107 cm³/mol. The Hall–Kier alpha value is -0.550. The van der Waals surface area contributed by atoms with Crippen LogP contribution in [-0.4, -0.2) is 15.5 Å². The van der Waals surface area contributed by atoms with Crippen LogP contribution < -0.4 is 0 Å². The molecule has 0 bridgehead atoms. The molecule has 0 fully saturated rings. The SMILES string of the molecule is CC(C)n1ncc(CC2(C)C=CSC2)c1Sc1cc(Cl)cc(Cl)c1. The highest BCUT2D eigenvalue weighted by atomic mass is 35.5. The van der Waals surface area contributed by atoms with E-state index in [-0.39, 0.29) is 5.41 Å². The van der Waals surface area contributed by atoms with Crippen LogP contribution in [0.15, 0.2) is 45.8 Å². The van der Waals surface area contributed by atoms with Crippen LogP contribution in [0.4, 0.5) is 0 Å². The van der Waals surface area contributed by atoms with Crippen molar-refractivity contribution in [2.75, 3.05) is 5.75 Å². The lowest BCUT2D eigenvalue weighted by Gasteiger charge is -2.21. The number of thioether (sulfide) groups is 1. The third-order valence-corrected chi connectivity index (χ3v) is 6.64. The molecule has 2 heterocycles. The Balaban J connectivity index is 1.94. The molecule has 3 rings (SSSR count). The maximum atomic E-state index is 6.16. The third kappa shape index (κ3) is 4.16. The fraction of sp³-hybridized carbons (Fsp3) is 0.389. The number of aromatic nitrogens is 2. The summed E-state index contributed by atoms with van der Waals surface area (Å²) in [4.78, 5) is 1.04. The summed E-state index contributed by atoms with van der Waals surface area (Å²) in [6.45, 7) is 6.61. The van der Waals surface area contributed by atoms with E-state index in [0.29, 0.717) is 16.1 Å². The van der Waals surface area contributed by atoms with E-state index < -0.39 is 0 Å². The minimum Gasteiger partial charge on any atom is -0.256 e. The highest BCUT2D eigenvalue weighted by Crippen LogP contribution is 2.40. The van der Waals surface area contributed by atoms with Gasteiger partial charge in [-0.2, -0.15) is 5.10 Å². The van der Waals surface area contributed by atoms with Gasteiger partial charge in [0.1, 0.15) is 5.03 Å². The third-order valence-electron chi connectivity index (χ3n) is 3.93. The fourth-order valence-electron chi connectivity index (χ4n) is 2.73. The Bertz CT molecular complexity index is 750. The normalized spacial score (nSPS) is 20.2. The summed E-state index contributed by atoms with van der Waals surface area (Å²) in [5.74, 6) is 1.12. The molecule has 128 valence electrons. The summed E-state index contributed by atoms with van der Waals surface area (Å²) >= 11 is 15.9. The summed E-state index contributed by atoms with van der Waals surface area (Å²) in [6, 6.07) is 5.96. The molecule has 2 nitrogen and oxygen atoms in total. The van der Waals surface area contributed by atoms with Crippen LogP contribution in [0.1, 0.15) is 32.4 Å². The second-order valence-corrected chi connectivity index (χ2v) is 9.49. The van der Waals surface area contributed by atoms with E-state index in [2.05, 4.69) is 42.0 Å². The predicted octanol–water partition coefficient (Wildman–Crippen LogP) is 6.73. The molecule has 0 saturated carbocycles. The lowest BCUT2D eigenvalue weighted by Crippen LogP contribution is -2.17. The Morgan fingerprint density at radius 3 is 2.58 bits per heavy atom. The largest absolute Gasteiger partial charge is 0.256 e. The van der Waals surface area contributed by atoms with Crippen molar-refractivity contribution in [2.24, 2.45) is 5.41 Å². The van der Waals surface area contributed by atoms with Gasteiger partial charge in [0.15, 0.2) is 0 Å². The van der Waals surface area contributed by atoms with E-state index in [1.54, 1.807) is 17.8 Å². The van der Waals surface area contributed by atoms with Crippen molar-refractivity contribution in [3.63, 3.8) is 0 Å². The molecule has 6 heteroatoms. The van der Waals surface area contributed by atoms with Crippen LogP contribution >= 0.6 is 46.7 Å². The molecule has 0 spiro atoms. The molecule has 1 atom stereocenters. The Morgan fingerprint density at radius 1 is 1.29 bits per heavy atom. The standard InChI is InChI=1S/C18H20Cl2N2S2/c1-12(2)22-17(24-16-7-14(19)6-15(20)8-16)13(10-21-22)9-18(3)4-5-23-11-18/h4-8,10,12H,9,11H2,1-3H3. The van der Waals surface area contributed by atoms with Crippen molar-refractivity contribution in [3.8, 4) is 0 Å². The van der Waals surface area contributed by atoms with E-state index in [9.17, 15) is 0 Å². The zero-order valence-electron chi connectivity index (χ0n) is 13.9. The van der Waals surface area contributed by atoms with Gasteiger partial charge in [-0.05, 0) is 49.3 Å². The van der Waals surface area contributed by atoms with Crippen molar-refractivity contribution in [3.05, 3.63) is 51.5 Å². The zero-order valence-corrected chi connectivity index (χ0v) is 17.1.